The van der Waals surface area contributed by atoms with Crippen LogP contribution in [-0.4, -0.2) is 53.3 Å². The Morgan fingerprint density at radius 2 is 2.08 bits per heavy atom. The molecule has 1 saturated heterocycles. The second-order valence-electron chi connectivity index (χ2n) is 5.46. The number of aliphatic hydroxyl groups excluding tert-OH is 2. The lowest BCUT2D eigenvalue weighted by Crippen LogP contribution is -2.64. The molecule has 130 valence electrons. The van der Waals surface area contributed by atoms with Gasteiger partial charge in [0.1, 0.15) is 18.2 Å². The average molecular weight is 336 g/mol. The molecule has 9 nitrogen and oxygen atoms in total. The van der Waals surface area contributed by atoms with Crippen molar-refractivity contribution in [1.82, 2.24) is 5.32 Å². The zero-order valence-corrected chi connectivity index (χ0v) is 13.1. The third-order valence-electron chi connectivity index (χ3n) is 3.65. The van der Waals surface area contributed by atoms with Gasteiger partial charge >= 0.3 is 0 Å². The van der Waals surface area contributed by atoms with Crippen LogP contribution < -0.4 is 5.32 Å². The molecule has 9 heteroatoms. The van der Waals surface area contributed by atoms with E-state index in [1.807, 2.05) is 30.3 Å². The van der Waals surface area contributed by atoms with Crippen LogP contribution in [0.1, 0.15) is 12.5 Å². The van der Waals surface area contributed by atoms with Gasteiger partial charge in [0.25, 0.3) is 0 Å². The molecule has 1 amide bonds. The first-order chi connectivity index (χ1) is 11.5. The molecular weight excluding hydrogens is 316 g/mol. The van der Waals surface area contributed by atoms with Gasteiger partial charge in [-0.3, -0.25) is 4.79 Å². The molecule has 0 unspecified atom stereocenters. The molecule has 0 bridgehead atoms. The number of nitrogens with one attached hydrogen (secondary N) is 1. The van der Waals surface area contributed by atoms with Crippen molar-refractivity contribution in [3.63, 3.8) is 0 Å². The lowest BCUT2D eigenvalue weighted by atomic mass is 9.96. The fraction of sp³-hybridized carbons (Fsp3) is 0.533. The fourth-order valence-corrected chi connectivity index (χ4v) is 2.48. The number of hydrogen-bond acceptors (Lipinski definition) is 6. The third kappa shape index (κ3) is 4.67. The van der Waals surface area contributed by atoms with Crippen molar-refractivity contribution < 1.29 is 24.5 Å². The number of carbonyl (C=O) groups is 1. The standard InChI is InChI=1S/C15H20N4O5/c1-9(20)18-12-14(22)13(21)11(7-17-19-16)24-15(12)23-8-10-5-3-2-4-6-10/h2-6,11-15,21-22H,7-8H2,1H3,(H,18,20)/t11-,12-,13+,14+,15-/m0/s1. The molecule has 0 radical (unpaired) electrons. The van der Waals surface area contributed by atoms with Crippen LogP contribution in [0.2, 0.25) is 0 Å². The largest absolute Gasteiger partial charge is 0.388 e. The number of amides is 1. The van der Waals surface area contributed by atoms with Crippen LogP contribution in [-0.2, 0) is 20.9 Å². The van der Waals surface area contributed by atoms with E-state index in [9.17, 15) is 15.0 Å². The maximum absolute atomic E-state index is 11.4. The summed E-state index contributed by atoms with van der Waals surface area (Å²) in [5.74, 6) is -0.392. The molecule has 1 aliphatic heterocycles. The van der Waals surface area contributed by atoms with E-state index < -0.39 is 36.6 Å². The molecule has 2 rings (SSSR count). The number of aliphatic hydroxyl groups is 2. The molecule has 0 spiro atoms. The predicted octanol–water partition coefficient (Wildman–Crippen LogP) is 0.465. The number of ether oxygens (including phenoxy) is 2. The maximum atomic E-state index is 11.4. The zero-order valence-electron chi connectivity index (χ0n) is 13.1. The normalized spacial score (nSPS) is 29.5. The van der Waals surface area contributed by atoms with Crippen LogP contribution in [0.4, 0.5) is 0 Å². The fourth-order valence-electron chi connectivity index (χ4n) is 2.48. The van der Waals surface area contributed by atoms with Gasteiger partial charge in [-0.05, 0) is 11.1 Å². The highest BCUT2D eigenvalue weighted by molar-refractivity contribution is 5.73. The number of carbonyl (C=O) groups excluding carboxylic acids is 1. The van der Waals surface area contributed by atoms with E-state index >= 15 is 0 Å². The molecule has 24 heavy (non-hydrogen) atoms. The summed E-state index contributed by atoms with van der Waals surface area (Å²) in [6, 6.07) is 8.36. The smallest absolute Gasteiger partial charge is 0.217 e. The topological polar surface area (TPSA) is 137 Å². The summed E-state index contributed by atoms with van der Waals surface area (Å²) in [5, 5.41) is 26.2. The number of rotatable bonds is 6. The zero-order chi connectivity index (χ0) is 17.5. The molecule has 1 aromatic rings. The van der Waals surface area contributed by atoms with Crippen molar-refractivity contribution in [2.75, 3.05) is 6.54 Å². The summed E-state index contributed by atoms with van der Waals surface area (Å²) in [4.78, 5) is 14.0. The van der Waals surface area contributed by atoms with Gasteiger partial charge in [-0.2, -0.15) is 0 Å². The van der Waals surface area contributed by atoms with Crippen molar-refractivity contribution in [2.45, 2.75) is 44.2 Å². The van der Waals surface area contributed by atoms with E-state index in [0.29, 0.717) is 0 Å². The number of nitrogens with zero attached hydrogens (tertiary/aromatic N) is 3. The van der Waals surface area contributed by atoms with E-state index in [0.717, 1.165) is 5.56 Å². The van der Waals surface area contributed by atoms with Gasteiger partial charge in [-0.15, -0.1) is 0 Å². The molecule has 1 aliphatic rings. The molecular formula is C15H20N4O5. The van der Waals surface area contributed by atoms with Gasteiger partial charge in [-0.1, -0.05) is 35.4 Å². The maximum Gasteiger partial charge on any atom is 0.217 e. The minimum atomic E-state index is -1.32. The molecule has 0 saturated carbocycles. The number of hydrogen-bond donors (Lipinski definition) is 3. The second-order valence-corrected chi connectivity index (χ2v) is 5.46. The lowest BCUT2D eigenvalue weighted by molar-refractivity contribution is -0.265. The minimum absolute atomic E-state index is 0.160. The Kier molecular flexibility index (Phi) is 6.53. The van der Waals surface area contributed by atoms with Crippen LogP contribution >= 0.6 is 0 Å². The summed E-state index contributed by atoms with van der Waals surface area (Å²) in [6.45, 7) is 1.32. The van der Waals surface area contributed by atoms with Crippen LogP contribution in [0.5, 0.6) is 0 Å². The third-order valence-corrected chi connectivity index (χ3v) is 3.65. The van der Waals surface area contributed by atoms with Crippen molar-refractivity contribution in [2.24, 2.45) is 5.11 Å². The summed E-state index contributed by atoms with van der Waals surface area (Å²) >= 11 is 0. The summed E-state index contributed by atoms with van der Waals surface area (Å²) in [6.07, 6.45) is -4.56. The van der Waals surface area contributed by atoms with Crippen LogP contribution in [0, 0.1) is 0 Å². The van der Waals surface area contributed by atoms with Crippen LogP contribution in [0.15, 0.2) is 35.4 Å². The van der Waals surface area contributed by atoms with E-state index in [4.69, 9.17) is 15.0 Å². The molecule has 1 fully saturated rings. The van der Waals surface area contributed by atoms with E-state index in [-0.39, 0.29) is 13.2 Å². The van der Waals surface area contributed by atoms with Gasteiger partial charge in [0.05, 0.1) is 19.3 Å². The minimum Gasteiger partial charge on any atom is -0.388 e. The highest BCUT2D eigenvalue weighted by Crippen LogP contribution is 2.23. The number of benzene rings is 1. The first-order valence-electron chi connectivity index (χ1n) is 7.48. The van der Waals surface area contributed by atoms with E-state index in [1.54, 1.807) is 0 Å². The SMILES string of the molecule is CC(=O)N[C@@H]1[C@@H](OCc2ccccc2)O[C@@H](CN=[N+]=[N-])[C@@H](O)[C@@H]1O. The van der Waals surface area contributed by atoms with Gasteiger partial charge in [0, 0.05) is 11.8 Å². The van der Waals surface area contributed by atoms with E-state index in [1.165, 1.54) is 6.92 Å². The average Bonchev–Trinajstić information content (AvgIpc) is 2.58. The van der Waals surface area contributed by atoms with Gasteiger partial charge in [0.2, 0.25) is 5.91 Å². The molecule has 0 aliphatic carbocycles. The van der Waals surface area contributed by atoms with E-state index in [2.05, 4.69) is 15.3 Å². The van der Waals surface area contributed by atoms with Crippen LogP contribution in [0.3, 0.4) is 0 Å². The summed E-state index contributed by atoms with van der Waals surface area (Å²) in [5.41, 5.74) is 9.29. The monoisotopic (exact) mass is 336 g/mol. The predicted molar refractivity (Wildman–Crippen MR) is 83.5 cm³/mol. The Labute approximate surface area is 138 Å². The molecule has 1 aromatic carbocycles. The molecule has 0 aromatic heterocycles. The van der Waals surface area contributed by atoms with Gasteiger partial charge in [0.15, 0.2) is 6.29 Å². The summed E-state index contributed by atoms with van der Waals surface area (Å²) in [7, 11) is 0. The second kappa shape index (κ2) is 8.62. The molecule has 1 heterocycles. The van der Waals surface area contributed by atoms with Crippen LogP contribution in [0.25, 0.3) is 10.4 Å². The molecule has 5 atom stereocenters. The van der Waals surface area contributed by atoms with Crippen molar-refractivity contribution in [3.8, 4) is 0 Å². The first kappa shape index (κ1) is 18.2. The van der Waals surface area contributed by atoms with Gasteiger partial charge < -0.3 is 25.0 Å². The Bertz CT molecular complexity index is 593. The Morgan fingerprint density at radius 3 is 2.71 bits per heavy atom. The highest BCUT2D eigenvalue weighted by atomic mass is 16.7. The van der Waals surface area contributed by atoms with Gasteiger partial charge in [-0.25, -0.2) is 0 Å². The Balaban J connectivity index is 2.11. The lowest BCUT2D eigenvalue weighted by Gasteiger charge is -2.42. The highest BCUT2D eigenvalue weighted by Gasteiger charge is 2.45. The van der Waals surface area contributed by atoms with Crippen molar-refractivity contribution in [3.05, 3.63) is 46.3 Å². The Morgan fingerprint density at radius 1 is 1.38 bits per heavy atom. The summed E-state index contributed by atoms with van der Waals surface area (Å²) < 4.78 is 11.3. The molecule has 3 N–H and O–H groups in total. The van der Waals surface area contributed by atoms with Crippen molar-refractivity contribution in [1.29, 1.82) is 0 Å². The number of azide groups is 1. The Hall–Kier alpha value is -2.16. The first-order valence-corrected chi connectivity index (χ1v) is 7.48. The quantitative estimate of drug-likeness (QED) is 0.394. The van der Waals surface area contributed by atoms with Crippen molar-refractivity contribution >= 4 is 5.91 Å².